The highest BCUT2D eigenvalue weighted by molar-refractivity contribution is 6.50. The van der Waals surface area contributed by atoms with Gasteiger partial charge in [-0.15, -0.1) is 0 Å². The molecule has 0 heterocycles. The second-order valence-corrected chi connectivity index (χ2v) is 3.03. The summed E-state index contributed by atoms with van der Waals surface area (Å²) in [4.78, 5) is 10.6. The van der Waals surface area contributed by atoms with Crippen LogP contribution in [0.5, 0.6) is 0 Å². The lowest BCUT2D eigenvalue weighted by atomic mass is 10.1. The standard InChI is InChI=1S/C10H10O2.BF4/c1-8(11)7-10(12)9-5-3-2-4-6-9;2-1(3,4)5/h2-7,12H,1H3;/q;-1/p+1/b10-7-;. The molecular formula is C10H11BF4O2. The summed E-state index contributed by atoms with van der Waals surface area (Å²) in [6.07, 6.45) is 1.31. The third-order valence-corrected chi connectivity index (χ3v) is 1.43. The van der Waals surface area contributed by atoms with Crippen LogP contribution in [0.4, 0.5) is 17.3 Å². The zero-order valence-electron chi connectivity index (χ0n) is 8.96. The average molecular weight is 250 g/mol. The fourth-order valence-electron chi connectivity index (χ4n) is 0.904. The van der Waals surface area contributed by atoms with Gasteiger partial charge >= 0.3 is 7.25 Å². The molecule has 94 valence electrons. The molecule has 0 aliphatic carbocycles. The molecule has 0 saturated carbocycles. The van der Waals surface area contributed by atoms with E-state index < -0.39 is 7.25 Å². The maximum atomic E-state index is 10.6. The van der Waals surface area contributed by atoms with Gasteiger partial charge in [0.15, 0.2) is 5.78 Å². The maximum Gasteiger partial charge on any atom is 0.673 e. The molecule has 0 saturated heterocycles. The Kier molecular flexibility index (Phi) is 6.02. The van der Waals surface area contributed by atoms with Crippen molar-refractivity contribution in [1.29, 1.82) is 0 Å². The highest BCUT2D eigenvalue weighted by Crippen LogP contribution is 2.09. The Bertz CT molecular complexity index is 381. The van der Waals surface area contributed by atoms with Crippen LogP contribution in [0.3, 0.4) is 0 Å². The van der Waals surface area contributed by atoms with E-state index in [0.29, 0.717) is 0 Å². The number of rotatable bonds is 2. The Labute approximate surface area is 95.7 Å². The van der Waals surface area contributed by atoms with Crippen LogP contribution in [0.25, 0.3) is 5.76 Å². The zero-order chi connectivity index (χ0) is 13.5. The van der Waals surface area contributed by atoms with Crippen LogP contribution in [0, 0.1) is 0 Å². The summed E-state index contributed by atoms with van der Waals surface area (Å²) in [6, 6.07) is 9.18. The normalized spacial score (nSPS) is 11.5. The fourth-order valence-corrected chi connectivity index (χ4v) is 0.904. The van der Waals surface area contributed by atoms with E-state index in [4.69, 9.17) is 5.11 Å². The van der Waals surface area contributed by atoms with Gasteiger partial charge in [-0.3, -0.25) is 4.79 Å². The summed E-state index contributed by atoms with van der Waals surface area (Å²) in [7, 11) is -6.00. The Morgan fingerprint density at radius 1 is 1.18 bits per heavy atom. The highest BCUT2D eigenvalue weighted by Gasteiger charge is 2.20. The van der Waals surface area contributed by atoms with Crippen molar-refractivity contribution in [2.45, 2.75) is 6.92 Å². The van der Waals surface area contributed by atoms with Crippen LogP contribution in [0.15, 0.2) is 36.4 Å². The number of benzene rings is 1. The van der Waals surface area contributed by atoms with Crippen molar-refractivity contribution in [3.05, 3.63) is 42.0 Å². The van der Waals surface area contributed by atoms with Gasteiger partial charge in [-0.1, -0.05) is 18.2 Å². The van der Waals surface area contributed by atoms with Gasteiger partial charge in [0.2, 0.25) is 0 Å². The molecule has 0 aliphatic rings. The molecule has 0 bridgehead atoms. The van der Waals surface area contributed by atoms with Crippen LogP contribution < -0.4 is 0 Å². The maximum absolute atomic E-state index is 10.6. The molecule has 0 unspecified atom stereocenters. The largest absolute Gasteiger partial charge is 0.673 e. The van der Waals surface area contributed by atoms with Crippen molar-refractivity contribution in [2.75, 3.05) is 0 Å². The number of hydrogen-bond acceptors (Lipinski definition) is 1. The first-order valence-electron chi connectivity index (χ1n) is 4.57. The summed E-state index contributed by atoms with van der Waals surface area (Å²) in [5.74, 6) is 0.173. The van der Waals surface area contributed by atoms with Gasteiger partial charge in [0.25, 0.3) is 5.76 Å². The zero-order valence-corrected chi connectivity index (χ0v) is 8.96. The first-order chi connectivity index (χ1) is 7.70. The molecule has 2 N–H and O–H groups in total. The van der Waals surface area contributed by atoms with E-state index in [1.54, 1.807) is 0 Å². The topological polar surface area (TPSA) is 40.0 Å². The van der Waals surface area contributed by atoms with E-state index in [-0.39, 0.29) is 11.5 Å². The predicted molar refractivity (Wildman–Crippen MR) is 58.9 cm³/mol. The Hall–Kier alpha value is -1.79. The van der Waals surface area contributed by atoms with Crippen molar-refractivity contribution >= 4 is 18.8 Å². The van der Waals surface area contributed by atoms with Crippen LogP contribution in [0.2, 0.25) is 0 Å². The van der Waals surface area contributed by atoms with Gasteiger partial charge in [-0.25, -0.2) is 0 Å². The van der Waals surface area contributed by atoms with Gasteiger partial charge in [-0.05, 0) is 19.1 Å². The van der Waals surface area contributed by atoms with Crippen LogP contribution >= 0.6 is 0 Å². The van der Waals surface area contributed by atoms with Crippen molar-refractivity contribution in [2.24, 2.45) is 0 Å². The molecular weight excluding hydrogens is 239 g/mol. The molecule has 1 aromatic rings. The summed E-state index contributed by atoms with van der Waals surface area (Å²) >= 11 is 0. The molecule has 17 heavy (non-hydrogen) atoms. The van der Waals surface area contributed by atoms with E-state index in [2.05, 4.69) is 0 Å². The van der Waals surface area contributed by atoms with E-state index >= 15 is 0 Å². The second-order valence-electron chi connectivity index (χ2n) is 3.03. The molecule has 0 atom stereocenters. The lowest BCUT2D eigenvalue weighted by Crippen LogP contribution is -2.02. The summed E-state index contributed by atoms with van der Waals surface area (Å²) < 4.78 is 39.0. The number of hydrogen-bond donors (Lipinski definition) is 0. The third kappa shape index (κ3) is 10.5. The fraction of sp³-hybridized carbons (Fsp3) is 0.100. The lowest BCUT2D eigenvalue weighted by Gasteiger charge is -1.94. The first kappa shape index (κ1) is 15.2. The van der Waals surface area contributed by atoms with E-state index in [1.807, 2.05) is 30.3 Å². The number of allylic oxidation sites excluding steroid dienone is 1. The smallest absolute Gasteiger partial charge is 0.593 e. The van der Waals surface area contributed by atoms with E-state index in [1.165, 1.54) is 13.0 Å². The van der Waals surface area contributed by atoms with E-state index in [0.717, 1.165) is 5.56 Å². The first-order valence-corrected chi connectivity index (χ1v) is 4.57. The molecule has 0 amide bonds. The van der Waals surface area contributed by atoms with Gasteiger partial charge in [-0.2, -0.15) is 0 Å². The molecule has 1 aromatic carbocycles. The van der Waals surface area contributed by atoms with Crippen LogP contribution in [0.1, 0.15) is 12.5 Å². The Morgan fingerprint density at radius 2 is 1.59 bits per heavy atom. The number of carbonyl (C=O) groups is 1. The summed E-state index contributed by atoms with van der Waals surface area (Å²) in [6.45, 7) is 1.44. The van der Waals surface area contributed by atoms with Crippen molar-refractivity contribution < 1.29 is 27.2 Å². The Morgan fingerprint density at radius 3 is 1.94 bits per heavy atom. The minimum absolute atomic E-state index is 0.0937. The Balaban J connectivity index is 0.000000437. The molecule has 0 aliphatic heterocycles. The minimum atomic E-state index is -6.00. The predicted octanol–water partition coefficient (Wildman–Crippen LogP) is 2.64. The number of ketones is 1. The van der Waals surface area contributed by atoms with Crippen molar-refractivity contribution in [3.63, 3.8) is 0 Å². The molecule has 0 radical (unpaired) electrons. The van der Waals surface area contributed by atoms with E-state index in [9.17, 15) is 22.1 Å². The third-order valence-electron chi connectivity index (χ3n) is 1.43. The number of halogens is 4. The van der Waals surface area contributed by atoms with Gasteiger partial charge in [0.1, 0.15) is 0 Å². The molecule has 1 rings (SSSR count). The van der Waals surface area contributed by atoms with Crippen molar-refractivity contribution in [1.82, 2.24) is 0 Å². The quantitative estimate of drug-likeness (QED) is 0.261. The van der Waals surface area contributed by atoms with Gasteiger partial charge < -0.3 is 22.4 Å². The number of carbonyl (C=O) groups excluding carboxylic acids is 1. The SMILES string of the molecule is CC(=O)/C=C(\[OH2+])c1ccccc1.F[B-](F)(F)F. The average Bonchev–Trinajstić information content (AvgIpc) is 2.15. The van der Waals surface area contributed by atoms with Crippen LogP contribution in [-0.4, -0.2) is 18.1 Å². The molecule has 0 spiro atoms. The lowest BCUT2D eigenvalue weighted by molar-refractivity contribution is -0.112. The van der Waals surface area contributed by atoms with Gasteiger partial charge in [0, 0.05) is 0 Å². The summed E-state index contributed by atoms with van der Waals surface area (Å²) in [5.41, 5.74) is 0.771. The highest BCUT2D eigenvalue weighted by atomic mass is 19.5. The van der Waals surface area contributed by atoms with Crippen molar-refractivity contribution in [3.8, 4) is 0 Å². The minimum Gasteiger partial charge on any atom is -0.593 e. The molecule has 2 nitrogen and oxygen atoms in total. The molecule has 0 fully saturated rings. The summed E-state index contributed by atoms with van der Waals surface area (Å²) in [5, 5.41) is 7.48. The monoisotopic (exact) mass is 250 g/mol. The second kappa shape index (κ2) is 6.72. The van der Waals surface area contributed by atoms with Gasteiger partial charge in [0.05, 0.1) is 11.6 Å². The molecule has 0 aromatic heterocycles. The van der Waals surface area contributed by atoms with Crippen LogP contribution in [-0.2, 0) is 4.79 Å². The molecule has 7 heteroatoms.